The van der Waals surface area contributed by atoms with Gasteiger partial charge in [0.2, 0.25) is 0 Å². The highest BCUT2D eigenvalue weighted by Crippen LogP contribution is 2.10. The number of rotatable bonds is 5. The summed E-state index contributed by atoms with van der Waals surface area (Å²) in [6, 6.07) is 17.3. The molecule has 2 rings (SSSR count). The largest absolute Gasteiger partial charge is 0.328 e. The van der Waals surface area contributed by atoms with Gasteiger partial charge in [0.05, 0.1) is 11.6 Å². The van der Waals surface area contributed by atoms with Crippen molar-refractivity contribution >= 4 is 25.0 Å². The van der Waals surface area contributed by atoms with Crippen molar-refractivity contribution < 1.29 is 4.79 Å². The molecule has 0 unspecified atom stereocenters. The van der Waals surface area contributed by atoms with E-state index in [1.165, 1.54) is 11.0 Å². The molecule has 2 amide bonds. The summed E-state index contributed by atoms with van der Waals surface area (Å²) < 4.78 is 0. The smallest absolute Gasteiger partial charge is 0.321 e. The third-order valence-electron chi connectivity index (χ3n) is 3.67. The van der Waals surface area contributed by atoms with Crippen LogP contribution in [0.4, 0.5) is 10.5 Å². The van der Waals surface area contributed by atoms with E-state index in [0.717, 1.165) is 12.8 Å². The molecule has 23 heavy (non-hydrogen) atoms. The molecule has 0 bridgehead atoms. The lowest BCUT2D eigenvalue weighted by Crippen LogP contribution is -2.32. The molecule has 0 atom stereocenters. The number of hydrogen-bond acceptors (Lipinski definition) is 2. The van der Waals surface area contributed by atoms with Crippen molar-refractivity contribution in [2.45, 2.75) is 12.8 Å². The fourth-order valence-electron chi connectivity index (χ4n) is 2.26. The molecule has 0 aliphatic heterocycles. The molecule has 0 fully saturated rings. The summed E-state index contributed by atoms with van der Waals surface area (Å²) in [5.41, 5.74) is 3.71. The van der Waals surface area contributed by atoms with Gasteiger partial charge < -0.3 is 10.2 Å². The Bertz CT molecular complexity index is 707. The third kappa shape index (κ3) is 5.19. The highest BCUT2D eigenvalue weighted by Gasteiger charge is 2.08. The fourth-order valence-corrected chi connectivity index (χ4v) is 2.26. The van der Waals surface area contributed by atoms with Gasteiger partial charge in [0.25, 0.3) is 0 Å². The number of nitrogens with one attached hydrogen (secondary N) is 1. The summed E-state index contributed by atoms with van der Waals surface area (Å²) in [6.45, 7) is 0.678. The predicted octanol–water partition coefficient (Wildman–Crippen LogP) is 1.91. The summed E-state index contributed by atoms with van der Waals surface area (Å²) in [4.78, 5) is 13.8. The van der Waals surface area contributed by atoms with Gasteiger partial charge in [-0.15, -0.1) is 0 Å². The normalized spacial score (nSPS) is 9.91. The van der Waals surface area contributed by atoms with Crippen molar-refractivity contribution in [1.29, 1.82) is 5.26 Å². The Labute approximate surface area is 138 Å². The molecule has 1 N–H and O–H groups in total. The average molecular weight is 305 g/mol. The number of anilines is 1. The number of urea groups is 1. The molecule has 0 saturated carbocycles. The molecule has 0 aliphatic rings. The van der Waals surface area contributed by atoms with Gasteiger partial charge in [-0.05, 0) is 36.6 Å². The van der Waals surface area contributed by atoms with Crippen molar-refractivity contribution in [2.24, 2.45) is 0 Å². The van der Waals surface area contributed by atoms with E-state index in [9.17, 15) is 4.79 Å². The van der Waals surface area contributed by atoms with Gasteiger partial charge in [0, 0.05) is 19.3 Å². The minimum absolute atomic E-state index is 0.163. The Morgan fingerprint density at radius 3 is 2.70 bits per heavy atom. The van der Waals surface area contributed by atoms with Crippen LogP contribution in [0.2, 0.25) is 0 Å². The standard InChI is InChI=1S/C18H20BN3O/c1-22(11-3-5-14-7-9-16(19)10-8-14)18(23)21-17-6-2-4-15(12-17)13-20/h2,4,6-10,12H,3,5,11,19H2,1H3,(H,21,23). The highest BCUT2D eigenvalue weighted by molar-refractivity contribution is 6.32. The molecule has 2 aromatic carbocycles. The van der Waals surface area contributed by atoms with Crippen molar-refractivity contribution in [2.75, 3.05) is 18.9 Å². The summed E-state index contributed by atoms with van der Waals surface area (Å²) in [5.74, 6) is 0. The average Bonchev–Trinajstić information content (AvgIpc) is 2.56. The van der Waals surface area contributed by atoms with E-state index in [2.05, 4.69) is 43.5 Å². The van der Waals surface area contributed by atoms with Crippen molar-refractivity contribution in [3.63, 3.8) is 0 Å². The Morgan fingerprint density at radius 1 is 1.26 bits per heavy atom. The van der Waals surface area contributed by atoms with E-state index in [-0.39, 0.29) is 6.03 Å². The first-order valence-corrected chi connectivity index (χ1v) is 7.66. The first kappa shape index (κ1) is 16.6. The Morgan fingerprint density at radius 2 is 2.00 bits per heavy atom. The van der Waals surface area contributed by atoms with Gasteiger partial charge in [-0.1, -0.05) is 35.8 Å². The fraction of sp³-hybridized carbons (Fsp3) is 0.222. The van der Waals surface area contributed by atoms with Crippen molar-refractivity contribution in [3.05, 3.63) is 59.7 Å². The molecule has 0 spiro atoms. The van der Waals surface area contributed by atoms with E-state index in [1.807, 2.05) is 0 Å². The third-order valence-corrected chi connectivity index (χ3v) is 3.67. The summed E-state index contributed by atoms with van der Waals surface area (Å²) in [7, 11) is 3.85. The Hall–Kier alpha value is -2.74. The van der Waals surface area contributed by atoms with Crippen LogP contribution in [-0.4, -0.2) is 32.4 Å². The van der Waals surface area contributed by atoms with Crippen LogP contribution in [0.3, 0.4) is 0 Å². The Balaban J connectivity index is 1.80. The van der Waals surface area contributed by atoms with E-state index in [0.29, 0.717) is 17.8 Å². The topological polar surface area (TPSA) is 56.1 Å². The maximum Gasteiger partial charge on any atom is 0.321 e. The van der Waals surface area contributed by atoms with Crippen LogP contribution >= 0.6 is 0 Å². The lowest BCUT2D eigenvalue weighted by atomic mass is 9.94. The number of carbonyl (C=O) groups excluding carboxylic acids is 1. The maximum atomic E-state index is 12.1. The second-order valence-corrected chi connectivity index (χ2v) is 5.63. The number of nitrogens with zero attached hydrogens (tertiary/aromatic N) is 2. The predicted molar refractivity (Wildman–Crippen MR) is 95.7 cm³/mol. The van der Waals surface area contributed by atoms with E-state index in [1.54, 1.807) is 36.2 Å². The SMILES string of the molecule is Bc1ccc(CCCN(C)C(=O)Nc2cccc(C#N)c2)cc1. The second-order valence-electron chi connectivity index (χ2n) is 5.63. The number of carbonyl (C=O) groups is 1. The molecule has 0 aromatic heterocycles. The van der Waals surface area contributed by atoms with Crippen LogP contribution in [0.25, 0.3) is 0 Å². The molecule has 0 heterocycles. The highest BCUT2D eigenvalue weighted by atomic mass is 16.2. The molecular weight excluding hydrogens is 285 g/mol. The molecular formula is C18H20BN3O. The Kier molecular flexibility index (Phi) is 5.82. The van der Waals surface area contributed by atoms with Crippen LogP contribution in [-0.2, 0) is 6.42 Å². The van der Waals surface area contributed by atoms with Crippen LogP contribution in [0, 0.1) is 11.3 Å². The van der Waals surface area contributed by atoms with Gasteiger partial charge in [0.15, 0.2) is 0 Å². The zero-order valence-corrected chi connectivity index (χ0v) is 13.5. The van der Waals surface area contributed by atoms with E-state index >= 15 is 0 Å². The number of benzene rings is 2. The van der Waals surface area contributed by atoms with Gasteiger partial charge in [0.1, 0.15) is 7.85 Å². The number of aryl methyl sites for hydroxylation is 1. The first-order valence-electron chi connectivity index (χ1n) is 7.66. The van der Waals surface area contributed by atoms with Gasteiger partial charge in [-0.25, -0.2) is 4.79 Å². The van der Waals surface area contributed by atoms with E-state index in [4.69, 9.17) is 5.26 Å². The molecule has 2 aromatic rings. The van der Waals surface area contributed by atoms with Gasteiger partial charge >= 0.3 is 6.03 Å². The zero-order chi connectivity index (χ0) is 16.7. The number of nitriles is 1. The molecule has 0 radical (unpaired) electrons. The molecule has 0 saturated heterocycles. The van der Waals surface area contributed by atoms with Crippen LogP contribution in [0.1, 0.15) is 17.5 Å². The zero-order valence-electron chi connectivity index (χ0n) is 13.5. The van der Waals surface area contributed by atoms with Crippen molar-refractivity contribution in [3.8, 4) is 6.07 Å². The second kappa shape index (κ2) is 8.04. The minimum atomic E-state index is -0.163. The van der Waals surface area contributed by atoms with Crippen LogP contribution < -0.4 is 10.8 Å². The lowest BCUT2D eigenvalue weighted by molar-refractivity contribution is 0.222. The summed E-state index contributed by atoms with van der Waals surface area (Å²) >= 11 is 0. The summed E-state index contributed by atoms with van der Waals surface area (Å²) in [6.07, 6.45) is 1.85. The minimum Gasteiger partial charge on any atom is -0.328 e. The van der Waals surface area contributed by atoms with Crippen molar-refractivity contribution in [1.82, 2.24) is 4.90 Å². The molecule has 5 heteroatoms. The lowest BCUT2D eigenvalue weighted by Gasteiger charge is -2.18. The van der Waals surface area contributed by atoms with Crippen LogP contribution in [0.5, 0.6) is 0 Å². The van der Waals surface area contributed by atoms with E-state index < -0.39 is 0 Å². The maximum absolute atomic E-state index is 12.1. The number of amides is 2. The summed E-state index contributed by atoms with van der Waals surface area (Å²) in [5, 5.41) is 11.7. The first-order chi connectivity index (χ1) is 11.1. The van der Waals surface area contributed by atoms with Gasteiger partial charge in [-0.2, -0.15) is 5.26 Å². The molecule has 0 aliphatic carbocycles. The quantitative estimate of drug-likeness (QED) is 0.858. The molecule has 116 valence electrons. The van der Waals surface area contributed by atoms with Gasteiger partial charge in [-0.3, -0.25) is 0 Å². The monoisotopic (exact) mass is 305 g/mol. The number of hydrogen-bond donors (Lipinski definition) is 1. The van der Waals surface area contributed by atoms with Crippen LogP contribution in [0.15, 0.2) is 48.5 Å². The molecule has 4 nitrogen and oxygen atoms in total.